The van der Waals surface area contributed by atoms with Gasteiger partial charge in [-0.1, -0.05) is 60.3 Å². The molecular formula is C23H21Cl2N3O2. The summed E-state index contributed by atoms with van der Waals surface area (Å²) in [4.78, 5) is 22.0. The number of aliphatic hydroxyl groups excluding tert-OH is 1. The molecule has 5 nitrogen and oxygen atoms in total. The number of carbonyl (C=O) groups is 1. The molecular weight excluding hydrogens is 421 g/mol. The monoisotopic (exact) mass is 441 g/mol. The maximum atomic E-state index is 12.8. The highest BCUT2D eigenvalue weighted by atomic mass is 35.5. The molecule has 1 fully saturated rings. The number of benzene rings is 2. The lowest BCUT2D eigenvalue weighted by molar-refractivity contribution is 0.0713. The van der Waals surface area contributed by atoms with Crippen LogP contribution in [0.15, 0.2) is 54.7 Å². The molecule has 4 rings (SSSR count). The number of halogens is 2. The van der Waals surface area contributed by atoms with Gasteiger partial charge in [-0.2, -0.15) is 0 Å². The van der Waals surface area contributed by atoms with Crippen molar-refractivity contribution in [3.8, 4) is 22.5 Å². The van der Waals surface area contributed by atoms with Crippen molar-refractivity contribution in [2.45, 2.75) is 37.8 Å². The zero-order chi connectivity index (χ0) is 21.1. The van der Waals surface area contributed by atoms with Crippen LogP contribution in [0, 0.1) is 0 Å². The van der Waals surface area contributed by atoms with Crippen LogP contribution in [0.1, 0.15) is 36.2 Å². The third-order valence-electron chi connectivity index (χ3n) is 5.29. The van der Waals surface area contributed by atoms with E-state index >= 15 is 0 Å². The Morgan fingerprint density at radius 2 is 1.47 bits per heavy atom. The third kappa shape index (κ3) is 4.64. The Balaban J connectivity index is 1.71. The minimum absolute atomic E-state index is 0.204. The van der Waals surface area contributed by atoms with Gasteiger partial charge in [-0.05, 0) is 37.1 Å². The van der Waals surface area contributed by atoms with E-state index in [2.05, 4.69) is 15.3 Å². The Bertz CT molecular complexity index is 1040. The van der Waals surface area contributed by atoms with Gasteiger partial charge < -0.3 is 10.4 Å². The molecule has 2 aromatic carbocycles. The van der Waals surface area contributed by atoms with Gasteiger partial charge in [0.05, 0.1) is 29.7 Å². The van der Waals surface area contributed by atoms with E-state index in [4.69, 9.17) is 23.2 Å². The molecule has 1 saturated carbocycles. The van der Waals surface area contributed by atoms with Crippen molar-refractivity contribution < 1.29 is 9.90 Å². The first-order valence-corrected chi connectivity index (χ1v) is 10.6. The molecule has 0 unspecified atom stereocenters. The summed E-state index contributed by atoms with van der Waals surface area (Å²) >= 11 is 12.1. The van der Waals surface area contributed by atoms with Gasteiger partial charge in [0, 0.05) is 21.2 Å². The molecule has 1 aliphatic rings. The second-order valence-corrected chi connectivity index (χ2v) is 8.27. The van der Waals surface area contributed by atoms with E-state index in [0.29, 0.717) is 27.9 Å². The van der Waals surface area contributed by atoms with Gasteiger partial charge in [-0.15, -0.1) is 0 Å². The van der Waals surface area contributed by atoms with E-state index in [0.717, 1.165) is 30.4 Å². The van der Waals surface area contributed by atoms with E-state index in [1.54, 1.807) is 24.3 Å². The highest BCUT2D eigenvalue weighted by Gasteiger charge is 2.26. The fourth-order valence-electron chi connectivity index (χ4n) is 3.65. The summed E-state index contributed by atoms with van der Waals surface area (Å²) in [6, 6.07) is 14.3. The lowest BCUT2D eigenvalue weighted by Gasteiger charge is -2.28. The highest BCUT2D eigenvalue weighted by molar-refractivity contribution is 6.31. The quantitative estimate of drug-likeness (QED) is 0.586. The fraction of sp³-hybridized carbons (Fsp3) is 0.261. The molecule has 0 aliphatic heterocycles. The van der Waals surface area contributed by atoms with E-state index < -0.39 is 6.10 Å². The lowest BCUT2D eigenvalue weighted by atomic mass is 9.92. The minimum Gasteiger partial charge on any atom is -0.391 e. The molecule has 30 heavy (non-hydrogen) atoms. The number of nitrogens with zero attached hydrogens (tertiary/aromatic N) is 2. The second kappa shape index (κ2) is 9.13. The smallest absolute Gasteiger partial charge is 0.271 e. The van der Waals surface area contributed by atoms with Crippen LogP contribution < -0.4 is 5.32 Å². The molecule has 2 N–H and O–H groups in total. The molecule has 3 aromatic rings. The molecule has 1 heterocycles. The lowest BCUT2D eigenvalue weighted by Crippen LogP contribution is -2.45. The SMILES string of the molecule is O=C(N[C@H]1CCCC[C@H]1O)c1cnc(-c2ccc(Cl)cc2)c(-c2ccc(Cl)cc2)n1. The summed E-state index contributed by atoms with van der Waals surface area (Å²) in [6.07, 6.45) is 4.35. The van der Waals surface area contributed by atoms with E-state index in [1.807, 2.05) is 24.3 Å². The van der Waals surface area contributed by atoms with Gasteiger partial charge in [-0.25, -0.2) is 4.98 Å². The van der Waals surface area contributed by atoms with Gasteiger partial charge in [-0.3, -0.25) is 9.78 Å². The molecule has 0 bridgehead atoms. The number of hydrogen-bond acceptors (Lipinski definition) is 4. The molecule has 0 radical (unpaired) electrons. The van der Waals surface area contributed by atoms with Crippen molar-refractivity contribution in [1.82, 2.24) is 15.3 Å². The molecule has 1 aliphatic carbocycles. The van der Waals surface area contributed by atoms with Gasteiger partial charge in [0.1, 0.15) is 5.69 Å². The highest BCUT2D eigenvalue weighted by Crippen LogP contribution is 2.30. The predicted molar refractivity (Wildman–Crippen MR) is 119 cm³/mol. The number of rotatable bonds is 4. The first-order valence-electron chi connectivity index (χ1n) is 9.89. The normalized spacial score (nSPS) is 18.8. The number of aliphatic hydroxyl groups is 1. The topological polar surface area (TPSA) is 75.1 Å². The van der Waals surface area contributed by atoms with Crippen LogP contribution in [-0.2, 0) is 0 Å². The Morgan fingerprint density at radius 3 is 2.07 bits per heavy atom. The molecule has 0 saturated heterocycles. The average Bonchev–Trinajstić information content (AvgIpc) is 2.76. The Labute approximate surface area is 185 Å². The van der Waals surface area contributed by atoms with Crippen molar-refractivity contribution in [1.29, 1.82) is 0 Å². The molecule has 7 heteroatoms. The van der Waals surface area contributed by atoms with Crippen molar-refractivity contribution >= 4 is 29.1 Å². The van der Waals surface area contributed by atoms with Gasteiger partial charge >= 0.3 is 0 Å². The Hall–Kier alpha value is -2.47. The standard InChI is InChI=1S/C23H21Cl2N3O2/c24-16-9-5-14(6-10-16)21-22(15-7-11-17(25)12-8-15)27-19(13-26-21)23(30)28-18-3-1-2-4-20(18)29/h5-13,18,20,29H,1-4H2,(H,28,30)/t18-,20+/m0/s1. The van der Waals surface area contributed by atoms with Crippen molar-refractivity contribution in [2.75, 3.05) is 0 Å². The molecule has 154 valence electrons. The molecule has 2 atom stereocenters. The summed E-state index contributed by atoms with van der Waals surface area (Å²) in [5.74, 6) is -0.341. The Kier molecular flexibility index (Phi) is 6.32. The Morgan fingerprint density at radius 1 is 0.900 bits per heavy atom. The number of amides is 1. The number of hydrogen-bond donors (Lipinski definition) is 2. The van der Waals surface area contributed by atoms with Crippen molar-refractivity contribution in [2.24, 2.45) is 0 Å². The number of carbonyl (C=O) groups excluding carboxylic acids is 1. The number of aromatic nitrogens is 2. The van der Waals surface area contributed by atoms with Gasteiger partial charge in [0.2, 0.25) is 0 Å². The van der Waals surface area contributed by atoms with Crippen molar-refractivity contribution in [3.63, 3.8) is 0 Å². The largest absolute Gasteiger partial charge is 0.391 e. The minimum atomic E-state index is -0.528. The van der Waals surface area contributed by atoms with Crippen LogP contribution in [0.4, 0.5) is 0 Å². The van der Waals surface area contributed by atoms with Crippen LogP contribution in [0.2, 0.25) is 10.0 Å². The van der Waals surface area contributed by atoms with E-state index in [-0.39, 0.29) is 17.6 Å². The number of nitrogens with one attached hydrogen (secondary N) is 1. The maximum Gasteiger partial charge on any atom is 0.271 e. The zero-order valence-electron chi connectivity index (χ0n) is 16.2. The first kappa shape index (κ1) is 20.8. The zero-order valence-corrected chi connectivity index (χ0v) is 17.7. The maximum absolute atomic E-state index is 12.8. The molecule has 1 amide bonds. The molecule has 0 spiro atoms. The molecule has 1 aromatic heterocycles. The van der Waals surface area contributed by atoms with Crippen LogP contribution in [0.25, 0.3) is 22.5 Å². The van der Waals surface area contributed by atoms with E-state index in [9.17, 15) is 9.90 Å². The first-order chi connectivity index (χ1) is 14.5. The van der Waals surface area contributed by atoms with Crippen LogP contribution >= 0.6 is 23.2 Å². The van der Waals surface area contributed by atoms with Gasteiger partial charge in [0.25, 0.3) is 5.91 Å². The summed E-state index contributed by atoms with van der Waals surface area (Å²) in [7, 11) is 0. The van der Waals surface area contributed by atoms with Gasteiger partial charge in [0.15, 0.2) is 0 Å². The summed E-state index contributed by atoms with van der Waals surface area (Å²) in [5, 5.41) is 14.3. The van der Waals surface area contributed by atoms with Crippen LogP contribution in [0.5, 0.6) is 0 Å². The van der Waals surface area contributed by atoms with Crippen LogP contribution in [0.3, 0.4) is 0 Å². The average molecular weight is 442 g/mol. The van der Waals surface area contributed by atoms with E-state index in [1.165, 1.54) is 6.20 Å². The second-order valence-electron chi connectivity index (χ2n) is 7.40. The summed E-state index contributed by atoms with van der Waals surface area (Å²) in [6.45, 7) is 0. The summed E-state index contributed by atoms with van der Waals surface area (Å²) in [5.41, 5.74) is 3.06. The predicted octanol–water partition coefficient (Wildman–Crippen LogP) is 5.15. The van der Waals surface area contributed by atoms with Crippen molar-refractivity contribution in [3.05, 3.63) is 70.5 Å². The third-order valence-corrected chi connectivity index (χ3v) is 5.79. The van der Waals surface area contributed by atoms with Crippen LogP contribution in [-0.4, -0.2) is 33.1 Å². The fourth-order valence-corrected chi connectivity index (χ4v) is 3.90. The summed E-state index contributed by atoms with van der Waals surface area (Å²) < 4.78 is 0.